The molecule has 0 saturated carbocycles. The monoisotopic (exact) mass is 355 g/mol. The van der Waals surface area contributed by atoms with Crippen LogP contribution in [0, 0.1) is 12.8 Å². The molecule has 1 atom stereocenters. The molecule has 0 aliphatic heterocycles. The van der Waals surface area contributed by atoms with Crippen LogP contribution in [0.3, 0.4) is 0 Å². The highest BCUT2D eigenvalue weighted by Gasteiger charge is 2.11. The number of rotatable bonds is 8. The highest BCUT2D eigenvalue weighted by Crippen LogP contribution is 2.16. The summed E-state index contributed by atoms with van der Waals surface area (Å²) in [5.74, 6) is -0.514. The number of benzene rings is 1. The zero-order valence-electron chi connectivity index (χ0n) is 12.5. The molecule has 4 nitrogen and oxygen atoms in total. The van der Waals surface area contributed by atoms with Crippen molar-refractivity contribution in [3.63, 3.8) is 0 Å². The second-order valence-electron chi connectivity index (χ2n) is 5.27. The number of halogens is 1. The van der Waals surface area contributed by atoms with E-state index in [0.29, 0.717) is 24.4 Å². The summed E-state index contributed by atoms with van der Waals surface area (Å²) in [4.78, 5) is 22.6. The van der Waals surface area contributed by atoms with Crippen LogP contribution in [0.2, 0.25) is 0 Å². The molecule has 1 unspecified atom stereocenters. The number of nitrogens with one attached hydrogen (secondary N) is 1. The van der Waals surface area contributed by atoms with Gasteiger partial charge in [-0.3, -0.25) is 9.59 Å². The summed E-state index contributed by atoms with van der Waals surface area (Å²) in [6.07, 6.45) is 2.59. The average Bonchev–Trinajstić information content (AvgIpc) is 2.41. The van der Waals surface area contributed by atoms with Crippen molar-refractivity contribution in [1.29, 1.82) is 0 Å². The number of carbonyl (C=O) groups excluding carboxylic acids is 1. The summed E-state index contributed by atoms with van der Waals surface area (Å²) < 4.78 is 0.889. The molecule has 0 aromatic heterocycles. The quantitative estimate of drug-likeness (QED) is 0.745. The van der Waals surface area contributed by atoms with Gasteiger partial charge in [0.25, 0.3) is 5.91 Å². The normalized spacial score (nSPS) is 12.0. The average molecular weight is 356 g/mol. The van der Waals surface area contributed by atoms with E-state index in [2.05, 4.69) is 21.2 Å². The fourth-order valence-corrected chi connectivity index (χ4v) is 2.85. The molecule has 0 saturated heterocycles. The van der Waals surface area contributed by atoms with Crippen molar-refractivity contribution in [2.24, 2.45) is 5.92 Å². The van der Waals surface area contributed by atoms with E-state index < -0.39 is 5.97 Å². The maximum Gasteiger partial charge on any atom is 0.303 e. The van der Waals surface area contributed by atoms with Gasteiger partial charge in [-0.2, -0.15) is 0 Å². The van der Waals surface area contributed by atoms with Crippen molar-refractivity contribution in [3.8, 4) is 0 Å². The summed E-state index contributed by atoms with van der Waals surface area (Å²) in [5, 5.41) is 11.6. The molecule has 0 aliphatic carbocycles. The molecule has 21 heavy (non-hydrogen) atoms. The molecule has 1 amide bonds. The molecule has 0 fully saturated rings. The third kappa shape index (κ3) is 6.76. The van der Waals surface area contributed by atoms with Gasteiger partial charge in [0.05, 0.1) is 0 Å². The van der Waals surface area contributed by atoms with Crippen molar-refractivity contribution < 1.29 is 14.7 Å². The zero-order chi connectivity index (χ0) is 15.8. The Bertz CT molecular complexity index is 482. The van der Waals surface area contributed by atoms with Gasteiger partial charge in [-0.25, -0.2) is 0 Å². The van der Waals surface area contributed by atoms with Gasteiger partial charge in [0, 0.05) is 23.0 Å². The van der Waals surface area contributed by atoms with E-state index in [9.17, 15) is 9.59 Å². The standard InChI is InChI=1S/C16H22BrNO3/c1-3-12(4-5-15(19)20)6-7-18-16(21)13-8-11(2)9-14(17)10-13/h8-10,12H,3-7H2,1-2H3,(H,18,21)(H,19,20). The number of amides is 1. The van der Waals surface area contributed by atoms with Gasteiger partial charge < -0.3 is 10.4 Å². The van der Waals surface area contributed by atoms with Crippen LogP contribution in [0.1, 0.15) is 48.5 Å². The van der Waals surface area contributed by atoms with E-state index in [1.54, 1.807) is 6.07 Å². The molecule has 0 spiro atoms. The van der Waals surface area contributed by atoms with E-state index in [-0.39, 0.29) is 12.3 Å². The molecule has 1 rings (SSSR count). The third-order valence-corrected chi connectivity index (χ3v) is 3.94. The van der Waals surface area contributed by atoms with Crippen molar-refractivity contribution in [2.75, 3.05) is 6.54 Å². The predicted octanol–water partition coefficient (Wildman–Crippen LogP) is 3.77. The Morgan fingerprint density at radius 3 is 2.57 bits per heavy atom. The van der Waals surface area contributed by atoms with Crippen LogP contribution in [-0.4, -0.2) is 23.5 Å². The van der Waals surface area contributed by atoms with E-state index in [4.69, 9.17) is 5.11 Å². The number of aryl methyl sites for hydroxylation is 1. The third-order valence-electron chi connectivity index (χ3n) is 3.49. The van der Waals surface area contributed by atoms with Crippen LogP contribution < -0.4 is 5.32 Å². The molecule has 116 valence electrons. The molecule has 2 N–H and O–H groups in total. The van der Waals surface area contributed by atoms with Crippen LogP contribution in [0.15, 0.2) is 22.7 Å². The van der Waals surface area contributed by atoms with Crippen molar-refractivity contribution in [3.05, 3.63) is 33.8 Å². The maximum absolute atomic E-state index is 12.1. The van der Waals surface area contributed by atoms with Gasteiger partial charge in [0.2, 0.25) is 0 Å². The molecule has 1 aromatic rings. The first-order chi connectivity index (χ1) is 9.92. The Balaban J connectivity index is 2.43. The highest BCUT2D eigenvalue weighted by molar-refractivity contribution is 9.10. The fraction of sp³-hybridized carbons (Fsp3) is 0.500. The van der Waals surface area contributed by atoms with Crippen LogP contribution in [0.4, 0.5) is 0 Å². The molecule has 0 aliphatic rings. The zero-order valence-corrected chi connectivity index (χ0v) is 14.1. The lowest BCUT2D eigenvalue weighted by atomic mass is 9.96. The lowest BCUT2D eigenvalue weighted by Gasteiger charge is -2.14. The highest BCUT2D eigenvalue weighted by atomic mass is 79.9. The number of hydrogen-bond acceptors (Lipinski definition) is 2. The second kappa shape index (κ2) is 8.82. The fourth-order valence-electron chi connectivity index (χ4n) is 2.24. The molecule has 1 aromatic carbocycles. The van der Waals surface area contributed by atoms with E-state index in [0.717, 1.165) is 22.9 Å². The lowest BCUT2D eigenvalue weighted by molar-refractivity contribution is -0.137. The smallest absolute Gasteiger partial charge is 0.303 e. The molecular formula is C16H22BrNO3. The van der Waals surface area contributed by atoms with Crippen LogP contribution in [-0.2, 0) is 4.79 Å². The number of carbonyl (C=O) groups is 2. The Hall–Kier alpha value is -1.36. The van der Waals surface area contributed by atoms with Gasteiger partial charge in [-0.15, -0.1) is 0 Å². The summed E-state index contributed by atoms with van der Waals surface area (Å²) >= 11 is 3.38. The Labute approximate surface area is 134 Å². The number of carboxylic acid groups (broad SMARTS) is 1. The summed E-state index contributed by atoms with van der Waals surface area (Å²) in [7, 11) is 0. The Morgan fingerprint density at radius 1 is 1.29 bits per heavy atom. The first kappa shape index (κ1) is 17.7. The first-order valence-electron chi connectivity index (χ1n) is 7.19. The number of aliphatic carboxylic acids is 1. The van der Waals surface area contributed by atoms with Gasteiger partial charge in [-0.1, -0.05) is 29.3 Å². The Kier molecular flexibility index (Phi) is 7.43. The van der Waals surface area contributed by atoms with Crippen molar-refractivity contribution >= 4 is 27.8 Å². The van der Waals surface area contributed by atoms with Gasteiger partial charge in [0.15, 0.2) is 0 Å². The van der Waals surface area contributed by atoms with Crippen molar-refractivity contribution in [1.82, 2.24) is 5.32 Å². The van der Waals surface area contributed by atoms with Crippen LogP contribution in [0.5, 0.6) is 0 Å². The SMILES string of the molecule is CCC(CCNC(=O)c1cc(C)cc(Br)c1)CCC(=O)O. The second-order valence-corrected chi connectivity index (χ2v) is 6.18. The Morgan fingerprint density at radius 2 is 2.00 bits per heavy atom. The molecule has 0 heterocycles. The molecule has 0 radical (unpaired) electrons. The topological polar surface area (TPSA) is 66.4 Å². The summed E-state index contributed by atoms with van der Waals surface area (Å²) in [5.41, 5.74) is 1.67. The number of hydrogen-bond donors (Lipinski definition) is 2. The van der Waals surface area contributed by atoms with E-state index in [1.165, 1.54) is 0 Å². The largest absolute Gasteiger partial charge is 0.481 e. The maximum atomic E-state index is 12.1. The molecular weight excluding hydrogens is 334 g/mol. The minimum atomic E-state index is -0.762. The molecule has 0 bridgehead atoms. The predicted molar refractivity (Wildman–Crippen MR) is 86.5 cm³/mol. The van der Waals surface area contributed by atoms with E-state index in [1.807, 2.05) is 26.0 Å². The lowest BCUT2D eigenvalue weighted by Crippen LogP contribution is -2.26. The van der Waals surface area contributed by atoms with Gasteiger partial charge in [0.1, 0.15) is 0 Å². The van der Waals surface area contributed by atoms with Crippen molar-refractivity contribution in [2.45, 2.75) is 39.5 Å². The van der Waals surface area contributed by atoms with Gasteiger partial charge >= 0.3 is 5.97 Å². The minimum absolute atomic E-state index is 0.0903. The van der Waals surface area contributed by atoms with Gasteiger partial charge in [-0.05, 0) is 49.4 Å². The molecule has 5 heteroatoms. The summed E-state index contributed by atoms with van der Waals surface area (Å²) in [6, 6.07) is 5.60. The summed E-state index contributed by atoms with van der Waals surface area (Å²) in [6.45, 7) is 4.56. The van der Waals surface area contributed by atoms with Crippen LogP contribution >= 0.6 is 15.9 Å². The number of carboxylic acids is 1. The minimum Gasteiger partial charge on any atom is -0.481 e. The first-order valence-corrected chi connectivity index (χ1v) is 7.98. The van der Waals surface area contributed by atoms with Crippen LogP contribution in [0.25, 0.3) is 0 Å². The van der Waals surface area contributed by atoms with E-state index >= 15 is 0 Å².